The van der Waals surface area contributed by atoms with Crippen LogP contribution in [0, 0.1) is 5.41 Å². The minimum absolute atomic E-state index is 0.00344. The third-order valence-corrected chi connectivity index (χ3v) is 6.36. The molecule has 1 spiro atoms. The fourth-order valence-electron chi connectivity index (χ4n) is 3.35. The molecule has 0 radical (unpaired) electrons. The molecule has 3 rings (SSSR count). The zero-order valence-corrected chi connectivity index (χ0v) is 11.7. The Morgan fingerprint density at radius 1 is 1.16 bits per heavy atom. The number of phenols is 1. The largest absolute Gasteiger partial charge is 0.508 e. The molecule has 2 aliphatic rings. The number of hydrogen-bond acceptors (Lipinski definition) is 4. The van der Waals surface area contributed by atoms with E-state index in [9.17, 15) is 13.5 Å². The molecule has 1 aromatic carbocycles. The van der Waals surface area contributed by atoms with Crippen LogP contribution >= 0.6 is 0 Å². The predicted octanol–water partition coefficient (Wildman–Crippen LogP) is 2.54. The molecule has 0 saturated heterocycles. The third-order valence-electron chi connectivity index (χ3n) is 4.36. The smallest absolute Gasteiger partial charge is 0.181 e. The third kappa shape index (κ3) is 2.31. The molecule has 4 nitrogen and oxygen atoms in total. The molecule has 104 valence electrons. The summed E-state index contributed by atoms with van der Waals surface area (Å²) in [4.78, 5) is 0.245. The van der Waals surface area contributed by atoms with Gasteiger partial charge >= 0.3 is 0 Å². The Kier molecular flexibility index (Phi) is 2.96. The van der Waals surface area contributed by atoms with Crippen molar-refractivity contribution in [1.82, 2.24) is 0 Å². The molecule has 1 fully saturated rings. The van der Waals surface area contributed by atoms with E-state index in [4.69, 9.17) is 0 Å². The molecule has 19 heavy (non-hydrogen) atoms. The second kappa shape index (κ2) is 4.40. The highest BCUT2D eigenvalue weighted by molar-refractivity contribution is 7.91. The van der Waals surface area contributed by atoms with Crippen molar-refractivity contribution in [2.75, 3.05) is 17.6 Å². The fourth-order valence-corrected chi connectivity index (χ4v) is 5.48. The summed E-state index contributed by atoms with van der Waals surface area (Å²) in [5.41, 5.74) is 0.492. The van der Waals surface area contributed by atoms with E-state index in [2.05, 4.69) is 5.32 Å². The van der Waals surface area contributed by atoms with Gasteiger partial charge in [-0.05, 0) is 25.0 Å². The molecule has 1 heterocycles. The summed E-state index contributed by atoms with van der Waals surface area (Å²) in [6, 6.07) is 4.55. The van der Waals surface area contributed by atoms with Gasteiger partial charge in [0.15, 0.2) is 9.84 Å². The molecule has 2 N–H and O–H groups in total. The molecule has 5 heteroatoms. The van der Waals surface area contributed by atoms with Crippen LogP contribution in [-0.2, 0) is 9.84 Å². The predicted molar refractivity (Wildman–Crippen MR) is 74.2 cm³/mol. The summed E-state index contributed by atoms with van der Waals surface area (Å²) in [7, 11) is -3.33. The Hall–Kier alpha value is -1.23. The first kappa shape index (κ1) is 12.8. The first-order valence-electron chi connectivity index (χ1n) is 6.81. The molecule has 0 bridgehead atoms. The zero-order chi connectivity index (χ0) is 13.5. The highest BCUT2D eigenvalue weighted by Gasteiger charge is 2.40. The molecular formula is C14H19NO3S. The van der Waals surface area contributed by atoms with Crippen molar-refractivity contribution >= 4 is 15.5 Å². The quantitative estimate of drug-likeness (QED) is 0.717. The van der Waals surface area contributed by atoms with Crippen LogP contribution in [-0.4, -0.2) is 25.8 Å². The maximum Gasteiger partial charge on any atom is 0.181 e. The lowest BCUT2D eigenvalue weighted by molar-refractivity contribution is 0.237. The first-order chi connectivity index (χ1) is 9.01. The van der Waals surface area contributed by atoms with Gasteiger partial charge in [0.05, 0.1) is 16.3 Å². The Balaban J connectivity index is 2.04. The number of aromatic hydroxyl groups is 1. The maximum atomic E-state index is 12.6. The van der Waals surface area contributed by atoms with Crippen molar-refractivity contribution in [3.05, 3.63) is 18.2 Å². The van der Waals surface area contributed by atoms with E-state index in [-0.39, 0.29) is 21.8 Å². The molecule has 1 saturated carbocycles. The summed E-state index contributed by atoms with van der Waals surface area (Å²) in [6.45, 7) is 0.712. The van der Waals surface area contributed by atoms with Gasteiger partial charge in [-0.3, -0.25) is 0 Å². The Morgan fingerprint density at radius 2 is 1.89 bits per heavy atom. The summed E-state index contributed by atoms with van der Waals surface area (Å²) >= 11 is 0. The van der Waals surface area contributed by atoms with Crippen molar-refractivity contribution < 1.29 is 13.5 Å². The Labute approximate surface area is 113 Å². The summed E-state index contributed by atoms with van der Waals surface area (Å²) < 4.78 is 25.1. The lowest BCUT2D eigenvalue weighted by Crippen LogP contribution is -2.36. The van der Waals surface area contributed by atoms with E-state index in [0.717, 1.165) is 25.7 Å². The molecule has 0 atom stereocenters. The molecular weight excluding hydrogens is 262 g/mol. The fraction of sp³-hybridized carbons (Fsp3) is 0.571. The van der Waals surface area contributed by atoms with Crippen LogP contribution in [0.15, 0.2) is 23.1 Å². The monoisotopic (exact) mass is 281 g/mol. The van der Waals surface area contributed by atoms with Crippen LogP contribution in [0.4, 0.5) is 5.69 Å². The van der Waals surface area contributed by atoms with E-state index in [1.807, 2.05) is 0 Å². The number of benzene rings is 1. The van der Waals surface area contributed by atoms with Gasteiger partial charge in [-0.25, -0.2) is 8.42 Å². The number of sulfone groups is 1. The van der Waals surface area contributed by atoms with Gasteiger partial charge in [0.25, 0.3) is 0 Å². The molecule has 0 unspecified atom stereocenters. The number of anilines is 1. The van der Waals surface area contributed by atoms with E-state index >= 15 is 0 Å². The molecule has 1 aliphatic heterocycles. The number of hydrogen-bond donors (Lipinski definition) is 2. The molecule has 1 aliphatic carbocycles. The van der Waals surface area contributed by atoms with Crippen molar-refractivity contribution in [3.8, 4) is 5.75 Å². The van der Waals surface area contributed by atoms with Crippen molar-refractivity contribution in [3.63, 3.8) is 0 Å². The Bertz CT molecular complexity index is 589. The topological polar surface area (TPSA) is 66.4 Å². The van der Waals surface area contributed by atoms with Crippen LogP contribution in [0.5, 0.6) is 5.75 Å². The van der Waals surface area contributed by atoms with Crippen molar-refractivity contribution in [2.45, 2.75) is 37.0 Å². The average molecular weight is 281 g/mol. The standard InChI is InChI=1S/C14H19NO3S/c16-11-4-5-12-13(8-11)19(17,18)10-14(9-15-12)6-2-1-3-7-14/h4-5,8,15-16H,1-3,6-7,9-10H2. The van der Waals surface area contributed by atoms with Gasteiger partial charge in [0.1, 0.15) is 5.75 Å². The number of rotatable bonds is 0. The van der Waals surface area contributed by atoms with Crippen LogP contribution in [0.25, 0.3) is 0 Å². The summed E-state index contributed by atoms with van der Waals surface area (Å²) in [5.74, 6) is 0.201. The van der Waals surface area contributed by atoms with Gasteiger partial charge in [-0.2, -0.15) is 0 Å². The molecule has 0 aromatic heterocycles. The lowest BCUT2D eigenvalue weighted by Gasteiger charge is -2.35. The number of fused-ring (bicyclic) bond motifs is 1. The minimum atomic E-state index is -3.33. The van der Waals surface area contributed by atoms with Gasteiger partial charge in [0.2, 0.25) is 0 Å². The summed E-state index contributed by atoms with van der Waals surface area (Å²) in [6.07, 6.45) is 5.37. The van der Waals surface area contributed by atoms with Gasteiger partial charge in [-0.15, -0.1) is 0 Å². The van der Waals surface area contributed by atoms with Gasteiger partial charge < -0.3 is 10.4 Å². The number of phenolic OH excluding ortho intramolecular Hbond substituents is 1. The van der Waals surface area contributed by atoms with E-state index in [1.165, 1.54) is 18.6 Å². The van der Waals surface area contributed by atoms with Crippen molar-refractivity contribution in [1.29, 1.82) is 0 Å². The van der Waals surface area contributed by atoms with Gasteiger partial charge in [0, 0.05) is 18.0 Å². The summed E-state index contributed by atoms with van der Waals surface area (Å²) in [5, 5.41) is 12.8. The molecule has 1 aromatic rings. The normalized spacial score (nSPS) is 24.2. The first-order valence-corrected chi connectivity index (χ1v) is 8.46. The van der Waals surface area contributed by atoms with Crippen LogP contribution < -0.4 is 5.32 Å². The van der Waals surface area contributed by atoms with Crippen LogP contribution in [0.1, 0.15) is 32.1 Å². The van der Waals surface area contributed by atoms with Crippen LogP contribution in [0.3, 0.4) is 0 Å². The highest BCUT2D eigenvalue weighted by atomic mass is 32.2. The van der Waals surface area contributed by atoms with Gasteiger partial charge in [-0.1, -0.05) is 19.3 Å². The van der Waals surface area contributed by atoms with E-state index in [0.29, 0.717) is 12.2 Å². The highest BCUT2D eigenvalue weighted by Crippen LogP contribution is 2.42. The minimum Gasteiger partial charge on any atom is -0.508 e. The molecule has 0 amide bonds. The van der Waals surface area contributed by atoms with E-state index in [1.54, 1.807) is 6.07 Å². The number of nitrogens with one attached hydrogen (secondary N) is 1. The SMILES string of the molecule is O=S1(=O)CC2(CCCCC2)CNc2ccc(O)cc21. The average Bonchev–Trinajstić information content (AvgIpc) is 2.47. The lowest BCUT2D eigenvalue weighted by atomic mass is 9.75. The second-order valence-electron chi connectivity index (χ2n) is 5.85. The van der Waals surface area contributed by atoms with Crippen LogP contribution in [0.2, 0.25) is 0 Å². The maximum absolute atomic E-state index is 12.6. The zero-order valence-electron chi connectivity index (χ0n) is 10.9. The van der Waals surface area contributed by atoms with Crippen molar-refractivity contribution in [2.24, 2.45) is 5.41 Å². The second-order valence-corrected chi connectivity index (χ2v) is 7.81. The Morgan fingerprint density at radius 3 is 2.63 bits per heavy atom. The van der Waals surface area contributed by atoms with E-state index < -0.39 is 9.84 Å².